The Morgan fingerprint density at radius 3 is 2.90 bits per heavy atom. The minimum absolute atomic E-state index is 0.198. The predicted molar refractivity (Wildman–Crippen MR) is 81.6 cm³/mol. The Labute approximate surface area is 127 Å². The van der Waals surface area contributed by atoms with Gasteiger partial charge in [-0.05, 0) is 42.4 Å². The average molecular weight is 292 g/mol. The van der Waals surface area contributed by atoms with Gasteiger partial charge in [0, 0.05) is 31.9 Å². The summed E-state index contributed by atoms with van der Waals surface area (Å²) in [6, 6.07) is 0.561. The fourth-order valence-electron chi connectivity index (χ4n) is 4.78. The molecule has 1 aromatic heterocycles. The smallest absolute Gasteiger partial charge is 0.0964 e. The molecule has 0 saturated heterocycles. The zero-order chi connectivity index (χ0) is 15.1. The lowest BCUT2D eigenvalue weighted by Crippen LogP contribution is -2.49. The van der Waals surface area contributed by atoms with Gasteiger partial charge in [-0.1, -0.05) is 26.0 Å². The maximum atomic E-state index is 8.85. The summed E-state index contributed by atoms with van der Waals surface area (Å²) in [4.78, 5) is 0. The van der Waals surface area contributed by atoms with Gasteiger partial charge in [-0.15, -0.1) is 5.10 Å². The maximum Gasteiger partial charge on any atom is 0.0964 e. The first kappa shape index (κ1) is 15.0. The van der Waals surface area contributed by atoms with Gasteiger partial charge in [0.2, 0.25) is 0 Å². The third kappa shape index (κ3) is 2.61. The van der Waals surface area contributed by atoms with Crippen molar-refractivity contribution in [3.8, 4) is 0 Å². The number of aliphatic hydroxyl groups is 1. The number of aromatic nitrogens is 3. The van der Waals surface area contributed by atoms with Crippen LogP contribution in [0.25, 0.3) is 0 Å². The lowest BCUT2D eigenvalue weighted by Gasteiger charge is -2.43. The molecule has 2 aliphatic rings. The van der Waals surface area contributed by atoms with Gasteiger partial charge in [0.25, 0.3) is 0 Å². The summed E-state index contributed by atoms with van der Waals surface area (Å²) in [5.74, 6) is 0.861. The zero-order valence-electron chi connectivity index (χ0n) is 13.5. The van der Waals surface area contributed by atoms with Crippen LogP contribution in [0.15, 0.2) is 6.20 Å². The summed E-state index contributed by atoms with van der Waals surface area (Å²) in [6.07, 6.45) is 6.82. The monoisotopic (exact) mass is 292 g/mol. The number of hydrogen-bond donors (Lipinski definition) is 2. The first-order chi connectivity index (χ1) is 9.95. The van der Waals surface area contributed by atoms with Crippen LogP contribution in [0.3, 0.4) is 0 Å². The molecular weight excluding hydrogens is 264 g/mol. The van der Waals surface area contributed by atoms with Crippen LogP contribution < -0.4 is 5.32 Å². The molecule has 5 nitrogen and oxygen atoms in total. The van der Waals surface area contributed by atoms with Crippen LogP contribution in [0.1, 0.15) is 52.1 Å². The van der Waals surface area contributed by atoms with Crippen molar-refractivity contribution in [3.05, 3.63) is 11.9 Å². The molecule has 1 aromatic rings. The van der Waals surface area contributed by atoms with E-state index in [0.717, 1.165) is 31.1 Å². The van der Waals surface area contributed by atoms with E-state index in [0.29, 0.717) is 16.9 Å². The molecule has 118 valence electrons. The number of aryl methyl sites for hydroxylation is 1. The van der Waals surface area contributed by atoms with Gasteiger partial charge in [0.15, 0.2) is 0 Å². The number of nitrogens with zero attached hydrogens (tertiary/aromatic N) is 3. The number of nitrogens with one attached hydrogen (secondary N) is 1. The topological polar surface area (TPSA) is 63.0 Å². The second kappa shape index (κ2) is 5.36. The Morgan fingerprint density at radius 1 is 1.43 bits per heavy atom. The number of aliphatic hydroxyl groups excluding tert-OH is 1. The number of rotatable bonds is 6. The Balaban J connectivity index is 1.61. The van der Waals surface area contributed by atoms with E-state index in [4.69, 9.17) is 5.11 Å². The van der Waals surface area contributed by atoms with Crippen LogP contribution >= 0.6 is 0 Å². The molecule has 2 aliphatic carbocycles. The third-order valence-electron chi connectivity index (χ3n) is 5.89. The van der Waals surface area contributed by atoms with E-state index >= 15 is 0 Å². The molecule has 0 radical (unpaired) electrons. The maximum absolute atomic E-state index is 8.85. The fourth-order valence-corrected chi connectivity index (χ4v) is 4.78. The van der Waals surface area contributed by atoms with E-state index in [-0.39, 0.29) is 6.61 Å². The van der Waals surface area contributed by atoms with E-state index in [1.165, 1.54) is 19.3 Å². The molecule has 3 atom stereocenters. The molecule has 0 aliphatic heterocycles. The molecule has 0 amide bonds. The number of hydrogen-bond acceptors (Lipinski definition) is 4. The summed E-state index contributed by atoms with van der Waals surface area (Å²) in [7, 11) is 0. The van der Waals surface area contributed by atoms with E-state index in [2.05, 4.69) is 36.4 Å². The van der Waals surface area contributed by atoms with Crippen molar-refractivity contribution < 1.29 is 5.11 Å². The second-order valence-electron chi connectivity index (χ2n) is 7.78. The summed E-state index contributed by atoms with van der Waals surface area (Å²) >= 11 is 0. The predicted octanol–water partition coefficient (Wildman–Crippen LogP) is 1.96. The van der Waals surface area contributed by atoms with Gasteiger partial charge < -0.3 is 10.4 Å². The normalized spacial score (nSPS) is 33.7. The second-order valence-corrected chi connectivity index (χ2v) is 7.78. The Morgan fingerprint density at radius 2 is 2.24 bits per heavy atom. The highest BCUT2D eigenvalue weighted by Crippen LogP contribution is 2.62. The first-order valence-electron chi connectivity index (χ1n) is 8.19. The van der Waals surface area contributed by atoms with E-state index in [9.17, 15) is 0 Å². The molecule has 1 heterocycles. The first-order valence-corrected chi connectivity index (χ1v) is 8.19. The molecule has 0 aromatic carbocycles. The van der Waals surface area contributed by atoms with Crippen LogP contribution in [-0.4, -0.2) is 32.7 Å². The van der Waals surface area contributed by atoms with Crippen molar-refractivity contribution in [2.45, 2.75) is 65.6 Å². The van der Waals surface area contributed by atoms with Gasteiger partial charge in [0.1, 0.15) is 0 Å². The van der Waals surface area contributed by atoms with Crippen LogP contribution in [0, 0.1) is 16.7 Å². The van der Waals surface area contributed by atoms with Crippen molar-refractivity contribution in [2.75, 3.05) is 6.61 Å². The molecule has 2 fully saturated rings. The van der Waals surface area contributed by atoms with Gasteiger partial charge in [0.05, 0.1) is 5.69 Å². The average Bonchev–Trinajstić information content (AvgIpc) is 3.07. The highest BCUT2D eigenvalue weighted by molar-refractivity contribution is 5.12. The molecule has 3 rings (SSSR count). The summed E-state index contributed by atoms with van der Waals surface area (Å²) < 4.78 is 1.82. The lowest BCUT2D eigenvalue weighted by molar-refractivity contribution is 0.107. The van der Waals surface area contributed by atoms with Gasteiger partial charge in [-0.25, -0.2) is 0 Å². The zero-order valence-corrected chi connectivity index (χ0v) is 13.5. The highest BCUT2D eigenvalue weighted by atomic mass is 16.3. The van der Waals surface area contributed by atoms with E-state index < -0.39 is 0 Å². The van der Waals surface area contributed by atoms with Crippen LogP contribution in [0.5, 0.6) is 0 Å². The third-order valence-corrected chi connectivity index (χ3v) is 5.89. The van der Waals surface area contributed by atoms with Crippen molar-refractivity contribution in [3.63, 3.8) is 0 Å². The molecule has 2 bridgehead atoms. The summed E-state index contributed by atoms with van der Waals surface area (Å²) in [6.45, 7) is 8.99. The van der Waals surface area contributed by atoms with Crippen LogP contribution in [-0.2, 0) is 13.1 Å². The van der Waals surface area contributed by atoms with E-state index in [1.807, 2.05) is 10.9 Å². The van der Waals surface area contributed by atoms with Gasteiger partial charge in [-0.3, -0.25) is 4.68 Å². The van der Waals surface area contributed by atoms with Gasteiger partial charge >= 0.3 is 0 Å². The summed E-state index contributed by atoms with van der Waals surface area (Å²) in [5, 5.41) is 21.0. The molecule has 2 N–H and O–H groups in total. The summed E-state index contributed by atoms with van der Waals surface area (Å²) in [5.41, 5.74) is 1.82. The minimum atomic E-state index is 0.198. The minimum Gasteiger partial charge on any atom is -0.396 e. The quantitative estimate of drug-likeness (QED) is 0.841. The standard InChI is InChI=1S/C16H28N4O/c1-15(2)12-5-6-16(3,9-12)14(15)17-10-13-11-20(19-18-13)7-4-8-21/h11-12,14,17,21H,4-10H2,1-3H3. The largest absolute Gasteiger partial charge is 0.396 e. The molecule has 2 saturated carbocycles. The molecular formula is C16H28N4O. The Kier molecular flexibility index (Phi) is 3.82. The van der Waals surface area contributed by atoms with Crippen LogP contribution in [0.4, 0.5) is 0 Å². The lowest BCUT2D eigenvalue weighted by atomic mass is 9.68. The van der Waals surface area contributed by atoms with Crippen LogP contribution in [0.2, 0.25) is 0 Å². The van der Waals surface area contributed by atoms with Crippen molar-refractivity contribution in [1.29, 1.82) is 0 Å². The molecule has 5 heteroatoms. The Hall–Kier alpha value is -0.940. The highest BCUT2D eigenvalue weighted by Gasteiger charge is 2.58. The molecule has 3 unspecified atom stereocenters. The SMILES string of the molecule is CC12CCC(C1)C(C)(C)C2NCc1cn(CCCO)nn1. The van der Waals surface area contributed by atoms with E-state index in [1.54, 1.807) is 0 Å². The van der Waals surface area contributed by atoms with Gasteiger partial charge in [-0.2, -0.15) is 0 Å². The van der Waals surface area contributed by atoms with Crippen molar-refractivity contribution >= 4 is 0 Å². The van der Waals surface area contributed by atoms with Crippen molar-refractivity contribution in [2.24, 2.45) is 16.7 Å². The Bertz CT molecular complexity index is 493. The number of fused-ring (bicyclic) bond motifs is 2. The van der Waals surface area contributed by atoms with Crippen molar-refractivity contribution in [1.82, 2.24) is 20.3 Å². The molecule has 0 spiro atoms. The molecule has 21 heavy (non-hydrogen) atoms. The fraction of sp³-hybridized carbons (Fsp3) is 0.875.